The number of hydrogen-bond donors (Lipinski definition) is 1. The Morgan fingerprint density at radius 2 is 1.32 bits per heavy atom. The van der Waals surface area contributed by atoms with Crippen molar-refractivity contribution in [1.29, 1.82) is 0 Å². The highest BCUT2D eigenvalue weighted by Gasteiger charge is 2.40. The number of amides is 2. The lowest BCUT2D eigenvalue weighted by atomic mass is 10.0. The van der Waals surface area contributed by atoms with Gasteiger partial charge in [0.2, 0.25) is 0 Å². The fourth-order valence-corrected chi connectivity index (χ4v) is 3.37. The van der Waals surface area contributed by atoms with E-state index < -0.39 is 16.7 Å². The van der Waals surface area contributed by atoms with Crippen LogP contribution in [0.25, 0.3) is 5.57 Å². The topological polar surface area (TPSA) is 92.6 Å². The molecule has 31 heavy (non-hydrogen) atoms. The summed E-state index contributed by atoms with van der Waals surface area (Å²) in [5.74, 6) is -0.972. The zero-order chi connectivity index (χ0) is 22.1. The minimum atomic E-state index is -0.510. The lowest BCUT2D eigenvalue weighted by molar-refractivity contribution is -0.384. The molecule has 1 aliphatic rings. The summed E-state index contributed by atoms with van der Waals surface area (Å²) in [6, 6.07) is 20.1. The number of hydrogen-bond acceptors (Lipinski definition) is 5. The van der Waals surface area contributed by atoms with E-state index in [-0.39, 0.29) is 17.0 Å². The van der Waals surface area contributed by atoms with Gasteiger partial charge in [0.25, 0.3) is 17.5 Å². The van der Waals surface area contributed by atoms with E-state index in [1.807, 2.05) is 50.2 Å². The maximum Gasteiger partial charge on any atom is 0.282 e. The fourth-order valence-electron chi connectivity index (χ4n) is 3.37. The average Bonchev–Trinajstić information content (AvgIpc) is 3.00. The van der Waals surface area contributed by atoms with Crippen molar-refractivity contribution in [2.75, 3.05) is 10.2 Å². The molecule has 154 valence electrons. The largest absolute Gasteiger partial charge is 0.350 e. The standard InChI is InChI=1S/C24H19N3O4/c1-15-3-9-18(10-4-15)25-22-21(17-7-13-20(14-8-17)27(30)31)23(28)26(24(22)29)19-11-5-16(2)6-12-19/h3-14,25H,1-2H3. The number of aryl methyl sites for hydroxylation is 2. The lowest BCUT2D eigenvalue weighted by Crippen LogP contribution is -2.32. The molecule has 0 saturated carbocycles. The third kappa shape index (κ3) is 3.81. The minimum Gasteiger partial charge on any atom is -0.350 e. The monoisotopic (exact) mass is 413 g/mol. The summed E-state index contributed by atoms with van der Waals surface area (Å²) in [6.07, 6.45) is 0. The molecular formula is C24H19N3O4. The molecule has 0 bridgehead atoms. The van der Waals surface area contributed by atoms with Crippen LogP contribution < -0.4 is 10.2 Å². The second-order valence-electron chi connectivity index (χ2n) is 7.33. The van der Waals surface area contributed by atoms with Crippen LogP contribution >= 0.6 is 0 Å². The number of carbonyl (C=O) groups is 2. The number of anilines is 2. The Kier molecular flexibility index (Phi) is 5.09. The molecule has 2 amide bonds. The van der Waals surface area contributed by atoms with E-state index in [1.165, 1.54) is 24.3 Å². The van der Waals surface area contributed by atoms with Crippen molar-refractivity contribution >= 4 is 34.4 Å². The van der Waals surface area contributed by atoms with E-state index in [1.54, 1.807) is 12.1 Å². The summed E-state index contributed by atoms with van der Waals surface area (Å²) >= 11 is 0. The lowest BCUT2D eigenvalue weighted by Gasteiger charge is -2.15. The van der Waals surface area contributed by atoms with Crippen LogP contribution in [0, 0.1) is 24.0 Å². The molecule has 3 aromatic rings. The van der Waals surface area contributed by atoms with Crippen LogP contribution in [0.1, 0.15) is 16.7 Å². The summed E-state index contributed by atoms with van der Waals surface area (Å²) in [5.41, 5.74) is 3.81. The second-order valence-corrected chi connectivity index (χ2v) is 7.33. The Labute approximate surface area is 178 Å². The van der Waals surface area contributed by atoms with E-state index in [9.17, 15) is 19.7 Å². The van der Waals surface area contributed by atoms with Gasteiger partial charge in [-0.2, -0.15) is 0 Å². The predicted octanol–water partition coefficient (Wildman–Crippen LogP) is 4.61. The molecule has 0 saturated heterocycles. The fraction of sp³-hybridized carbons (Fsp3) is 0.0833. The molecule has 0 fully saturated rings. The first-order chi connectivity index (χ1) is 14.8. The summed E-state index contributed by atoms with van der Waals surface area (Å²) in [4.78, 5) is 38.3. The van der Waals surface area contributed by atoms with Gasteiger partial charge in [-0.15, -0.1) is 0 Å². The molecule has 0 unspecified atom stereocenters. The smallest absolute Gasteiger partial charge is 0.282 e. The van der Waals surface area contributed by atoms with Crippen molar-refractivity contribution < 1.29 is 14.5 Å². The summed E-state index contributed by atoms with van der Waals surface area (Å²) in [7, 11) is 0. The Morgan fingerprint density at radius 3 is 1.87 bits per heavy atom. The number of non-ortho nitro benzene ring substituents is 1. The van der Waals surface area contributed by atoms with Gasteiger partial charge in [0, 0.05) is 17.8 Å². The maximum absolute atomic E-state index is 13.3. The zero-order valence-electron chi connectivity index (χ0n) is 17.0. The van der Waals surface area contributed by atoms with Crippen LogP contribution in [0.2, 0.25) is 0 Å². The maximum atomic E-state index is 13.3. The number of carbonyl (C=O) groups excluding carboxylic acids is 2. The first kappa shape index (κ1) is 20.0. The number of benzene rings is 3. The van der Waals surface area contributed by atoms with Crippen LogP contribution in [-0.4, -0.2) is 16.7 Å². The number of nitrogens with one attached hydrogen (secondary N) is 1. The van der Waals surface area contributed by atoms with Crippen LogP contribution in [0.15, 0.2) is 78.5 Å². The Bertz CT molecular complexity index is 1210. The van der Waals surface area contributed by atoms with Crippen molar-refractivity contribution in [1.82, 2.24) is 0 Å². The summed E-state index contributed by atoms with van der Waals surface area (Å²) in [6.45, 7) is 3.87. The molecule has 3 aromatic carbocycles. The molecule has 4 rings (SSSR count). The predicted molar refractivity (Wildman–Crippen MR) is 118 cm³/mol. The molecule has 0 aromatic heterocycles. The molecule has 1 heterocycles. The second kappa shape index (κ2) is 7.87. The average molecular weight is 413 g/mol. The van der Waals surface area contributed by atoms with E-state index >= 15 is 0 Å². The molecule has 7 heteroatoms. The van der Waals surface area contributed by atoms with E-state index in [0.717, 1.165) is 16.0 Å². The minimum absolute atomic E-state index is 0.0930. The summed E-state index contributed by atoms with van der Waals surface area (Å²) < 4.78 is 0. The number of nitro groups is 1. The molecule has 0 radical (unpaired) electrons. The van der Waals surface area contributed by atoms with Crippen LogP contribution in [-0.2, 0) is 9.59 Å². The molecular weight excluding hydrogens is 394 g/mol. The van der Waals surface area contributed by atoms with Crippen molar-refractivity contribution in [2.45, 2.75) is 13.8 Å². The molecule has 0 aliphatic carbocycles. The Hall–Kier alpha value is -4.26. The molecule has 1 N–H and O–H groups in total. The molecule has 0 spiro atoms. The van der Waals surface area contributed by atoms with Gasteiger partial charge in [-0.05, 0) is 55.8 Å². The SMILES string of the molecule is Cc1ccc(NC2=C(c3ccc([N+](=O)[O-])cc3)C(=O)N(c3ccc(C)cc3)C2=O)cc1. The third-order valence-corrected chi connectivity index (χ3v) is 5.06. The van der Waals surface area contributed by atoms with Gasteiger partial charge in [-0.1, -0.05) is 35.4 Å². The molecule has 1 aliphatic heterocycles. The highest BCUT2D eigenvalue weighted by atomic mass is 16.6. The van der Waals surface area contributed by atoms with Crippen molar-refractivity contribution in [3.8, 4) is 0 Å². The van der Waals surface area contributed by atoms with Gasteiger partial charge in [0.15, 0.2) is 0 Å². The quantitative estimate of drug-likeness (QED) is 0.375. The Balaban J connectivity index is 1.80. The van der Waals surface area contributed by atoms with Crippen molar-refractivity contribution in [3.63, 3.8) is 0 Å². The highest BCUT2D eigenvalue weighted by molar-refractivity contribution is 6.46. The number of nitrogens with zero attached hydrogens (tertiary/aromatic N) is 2. The van der Waals surface area contributed by atoms with Gasteiger partial charge >= 0.3 is 0 Å². The van der Waals surface area contributed by atoms with E-state index in [4.69, 9.17) is 0 Å². The molecule has 0 atom stereocenters. The van der Waals surface area contributed by atoms with Crippen molar-refractivity contribution in [2.24, 2.45) is 0 Å². The van der Waals surface area contributed by atoms with Gasteiger partial charge in [-0.3, -0.25) is 19.7 Å². The third-order valence-electron chi connectivity index (χ3n) is 5.06. The van der Waals surface area contributed by atoms with Crippen LogP contribution in [0.5, 0.6) is 0 Å². The van der Waals surface area contributed by atoms with Crippen molar-refractivity contribution in [3.05, 3.63) is 105 Å². The first-order valence-corrected chi connectivity index (χ1v) is 9.63. The zero-order valence-corrected chi connectivity index (χ0v) is 17.0. The normalized spacial score (nSPS) is 13.7. The first-order valence-electron chi connectivity index (χ1n) is 9.63. The van der Waals surface area contributed by atoms with E-state index in [2.05, 4.69) is 5.32 Å². The molecule has 7 nitrogen and oxygen atoms in total. The number of imide groups is 1. The van der Waals surface area contributed by atoms with Gasteiger partial charge in [0.1, 0.15) is 5.70 Å². The summed E-state index contributed by atoms with van der Waals surface area (Å²) in [5, 5.41) is 14.1. The van der Waals surface area contributed by atoms with Gasteiger partial charge in [0.05, 0.1) is 16.2 Å². The van der Waals surface area contributed by atoms with Gasteiger partial charge in [-0.25, -0.2) is 4.90 Å². The Morgan fingerprint density at radius 1 is 0.774 bits per heavy atom. The van der Waals surface area contributed by atoms with E-state index in [0.29, 0.717) is 16.9 Å². The van der Waals surface area contributed by atoms with Crippen LogP contribution in [0.3, 0.4) is 0 Å². The highest BCUT2D eigenvalue weighted by Crippen LogP contribution is 2.34. The number of nitro benzene ring substituents is 1. The van der Waals surface area contributed by atoms with Crippen LogP contribution in [0.4, 0.5) is 17.1 Å². The number of rotatable bonds is 5. The van der Waals surface area contributed by atoms with Gasteiger partial charge < -0.3 is 5.32 Å².